The smallest absolute Gasteiger partial charge is 0.223 e. The van der Waals surface area contributed by atoms with Crippen LogP contribution in [0.2, 0.25) is 0 Å². The zero-order chi connectivity index (χ0) is 13.0. The topological polar surface area (TPSA) is 32.3 Å². The maximum atomic E-state index is 12.5. The van der Waals surface area contributed by atoms with Crippen LogP contribution < -0.4 is 5.32 Å². The van der Waals surface area contributed by atoms with Crippen LogP contribution in [0.15, 0.2) is 0 Å². The summed E-state index contributed by atoms with van der Waals surface area (Å²) in [7, 11) is 0. The molecule has 0 aromatic rings. The number of hydrogen-bond acceptors (Lipinski definition) is 2. The van der Waals surface area contributed by atoms with Crippen LogP contribution in [-0.2, 0) is 4.79 Å². The van der Waals surface area contributed by atoms with E-state index in [2.05, 4.69) is 24.1 Å². The number of carbonyl (C=O) groups excluding carboxylic acids is 1. The first-order chi connectivity index (χ1) is 8.59. The Labute approximate surface area is 111 Å². The minimum absolute atomic E-state index is 0.0138. The lowest BCUT2D eigenvalue weighted by molar-refractivity contribution is -0.138. The minimum atomic E-state index is -0.0138. The normalized spacial score (nSPS) is 25.8. The van der Waals surface area contributed by atoms with E-state index in [0.29, 0.717) is 11.8 Å². The third-order valence-electron chi connectivity index (χ3n) is 4.54. The first-order valence-corrected chi connectivity index (χ1v) is 7.61. The monoisotopic (exact) mass is 252 g/mol. The van der Waals surface area contributed by atoms with Crippen molar-refractivity contribution in [1.82, 2.24) is 10.2 Å². The number of nitrogens with one attached hydrogen (secondary N) is 1. The van der Waals surface area contributed by atoms with E-state index in [1.165, 1.54) is 38.5 Å². The summed E-state index contributed by atoms with van der Waals surface area (Å²) in [6.07, 6.45) is 8.68. The molecule has 0 aromatic carbocycles. The molecule has 3 heteroatoms. The second kappa shape index (κ2) is 6.05. The number of hydrogen-bond donors (Lipinski definition) is 1. The van der Waals surface area contributed by atoms with Crippen molar-refractivity contribution in [2.45, 2.75) is 64.3 Å². The van der Waals surface area contributed by atoms with Crippen LogP contribution >= 0.6 is 0 Å². The predicted molar refractivity (Wildman–Crippen MR) is 74.5 cm³/mol. The van der Waals surface area contributed by atoms with Crippen molar-refractivity contribution in [3.05, 3.63) is 0 Å². The Balaban J connectivity index is 1.89. The van der Waals surface area contributed by atoms with E-state index >= 15 is 0 Å². The summed E-state index contributed by atoms with van der Waals surface area (Å²) in [5, 5.41) is 3.38. The molecule has 1 aliphatic carbocycles. The van der Waals surface area contributed by atoms with Crippen LogP contribution in [0.1, 0.15) is 58.8 Å². The zero-order valence-corrected chi connectivity index (χ0v) is 12.0. The Hall–Kier alpha value is -0.570. The van der Waals surface area contributed by atoms with Crippen molar-refractivity contribution in [2.75, 3.05) is 19.6 Å². The van der Waals surface area contributed by atoms with E-state index in [1.807, 2.05) is 0 Å². The summed E-state index contributed by atoms with van der Waals surface area (Å²) >= 11 is 0. The molecule has 104 valence electrons. The number of amides is 1. The standard InChI is InChI=1S/C15H28N2O/c1-15(2)12-16-9-10-17(15)14(18)11-13-7-5-3-4-6-8-13/h13,16H,3-12H2,1-2H3. The summed E-state index contributed by atoms with van der Waals surface area (Å²) in [5.74, 6) is 1.03. The van der Waals surface area contributed by atoms with Crippen LogP contribution in [0.25, 0.3) is 0 Å². The molecule has 0 bridgehead atoms. The first kappa shape index (κ1) is 13.9. The molecule has 0 spiro atoms. The SMILES string of the molecule is CC1(C)CNCCN1C(=O)CC1CCCCCC1. The molecule has 1 aliphatic heterocycles. The molecule has 1 amide bonds. The summed E-state index contributed by atoms with van der Waals surface area (Å²) in [4.78, 5) is 14.6. The van der Waals surface area contributed by atoms with Crippen LogP contribution in [-0.4, -0.2) is 36.0 Å². The molecule has 2 rings (SSSR count). The van der Waals surface area contributed by atoms with Gasteiger partial charge in [-0.3, -0.25) is 4.79 Å². The highest BCUT2D eigenvalue weighted by molar-refractivity contribution is 5.77. The highest BCUT2D eigenvalue weighted by Crippen LogP contribution is 2.27. The van der Waals surface area contributed by atoms with Gasteiger partial charge in [0, 0.05) is 31.6 Å². The Morgan fingerprint density at radius 3 is 2.50 bits per heavy atom. The van der Waals surface area contributed by atoms with Gasteiger partial charge in [0.15, 0.2) is 0 Å². The Bertz CT molecular complexity index is 280. The molecule has 0 atom stereocenters. The Morgan fingerprint density at radius 2 is 1.89 bits per heavy atom. The van der Waals surface area contributed by atoms with Crippen LogP contribution in [0.5, 0.6) is 0 Å². The van der Waals surface area contributed by atoms with Crippen molar-refractivity contribution in [1.29, 1.82) is 0 Å². The molecule has 18 heavy (non-hydrogen) atoms. The lowest BCUT2D eigenvalue weighted by Crippen LogP contribution is -2.60. The fourth-order valence-corrected chi connectivity index (χ4v) is 3.37. The van der Waals surface area contributed by atoms with E-state index < -0.39 is 0 Å². The summed E-state index contributed by atoms with van der Waals surface area (Å²) in [5.41, 5.74) is -0.0138. The van der Waals surface area contributed by atoms with Crippen LogP contribution in [0.4, 0.5) is 0 Å². The summed E-state index contributed by atoms with van der Waals surface area (Å²) in [6, 6.07) is 0. The van der Waals surface area contributed by atoms with Gasteiger partial charge < -0.3 is 10.2 Å². The van der Waals surface area contributed by atoms with Crippen LogP contribution in [0, 0.1) is 5.92 Å². The van der Waals surface area contributed by atoms with Gasteiger partial charge in [-0.15, -0.1) is 0 Å². The Kier molecular flexibility index (Phi) is 4.66. The van der Waals surface area contributed by atoms with Gasteiger partial charge in [0.2, 0.25) is 5.91 Å². The second-order valence-electron chi connectivity index (χ2n) is 6.60. The summed E-state index contributed by atoms with van der Waals surface area (Å²) in [6.45, 7) is 7.08. The molecule has 2 aliphatic rings. The maximum Gasteiger partial charge on any atom is 0.223 e. The van der Waals surface area contributed by atoms with E-state index in [1.54, 1.807) is 0 Å². The van der Waals surface area contributed by atoms with Crippen molar-refractivity contribution in [3.8, 4) is 0 Å². The highest BCUT2D eigenvalue weighted by Gasteiger charge is 2.33. The first-order valence-electron chi connectivity index (χ1n) is 7.61. The van der Waals surface area contributed by atoms with Crippen molar-refractivity contribution >= 4 is 5.91 Å². The average molecular weight is 252 g/mol. The van der Waals surface area contributed by atoms with E-state index in [9.17, 15) is 4.79 Å². The largest absolute Gasteiger partial charge is 0.335 e. The molecule has 1 saturated heterocycles. The molecule has 0 radical (unpaired) electrons. The molecule has 3 nitrogen and oxygen atoms in total. The second-order valence-corrected chi connectivity index (χ2v) is 6.60. The van der Waals surface area contributed by atoms with E-state index in [-0.39, 0.29) is 5.54 Å². The van der Waals surface area contributed by atoms with Gasteiger partial charge in [0.25, 0.3) is 0 Å². The van der Waals surface area contributed by atoms with Gasteiger partial charge in [0.05, 0.1) is 0 Å². The van der Waals surface area contributed by atoms with Gasteiger partial charge in [-0.1, -0.05) is 25.7 Å². The van der Waals surface area contributed by atoms with Gasteiger partial charge >= 0.3 is 0 Å². The zero-order valence-electron chi connectivity index (χ0n) is 12.0. The number of piperazine rings is 1. The fraction of sp³-hybridized carbons (Fsp3) is 0.933. The van der Waals surface area contributed by atoms with Gasteiger partial charge in [-0.05, 0) is 32.6 Å². The molecule has 1 N–H and O–H groups in total. The molecule has 0 unspecified atom stereocenters. The number of carbonyl (C=O) groups is 1. The van der Waals surface area contributed by atoms with Gasteiger partial charge in [-0.25, -0.2) is 0 Å². The molecule has 0 aromatic heterocycles. The van der Waals surface area contributed by atoms with Crippen molar-refractivity contribution in [2.24, 2.45) is 5.92 Å². The number of rotatable bonds is 2. The number of nitrogens with zero attached hydrogens (tertiary/aromatic N) is 1. The lowest BCUT2D eigenvalue weighted by atomic mass is 9.93. The van der Waals surface area contributed by atoms with E-state index in [4.69, 9.17) is 0 Å². The molecular formula is C15H28N2O. The maximum absolute atomic E-state index is 12.5. The fourth-order valence-electron chi connectivity index (χ4n) is 3.37. The Morgan fingerprint density at radius 1 is 1.22 bits per heavy atom. The van der Waals surface area contributed by atoms with E-state index in [0.717, 1.165) is 26.1 Å². The quantitative estimate of drug-likeness (QED) is 0.766. The van der Waals surface area contributed by atoms with Gasteiger partial charge in [-0.2, -0.15) is 0 Å². The minimum Gasteiger partial charge on any atom is -0.335 e. The van der Waals surface area contributed by atoms with Gasteiger partial charge in [0.1, 0.15) is 0 Å². The van der Waals surface area contributed by atoms with Crippen molar-refractivity contribution < 1.29 is 4.79 Å². The molecule has 1 saturated carbocycles. The average Bonchev–Trinajstić information content (AvgIpc) is 2.57. The summed E-state index contributed by atoms with van der Waals surface area (Å²) < 4.78 is 0. The third kappa shape index (κ3) is 3.47. The highest BCUT2D eigenvalue weighted by atomic mass is 16.2. The molecule has 1 heterocycles. The predicted octanol–water partition coefficient (Wildman–Crippen LogP) is 2.56. The van der Waals surface area contributed by atoms with Crippen molar-refractivity contribution in [3.63, 3.8) is 0 Å². The molecular weight excluding hydrogens is 224 g/mol. The third-order valence-corrected chi connectivity index (χ3v) is 4.54. The molecule has 2 fully saturated rings. The van der Waals surface area contributed by atoms with Crippen LogP contribution in [0.3, 0.4) is 0 Å². The lowest BCUT2D eigenvalue weighted by Gasteiger charge is -2.43.